The van der Waals surface area contributed by atoms with Crippen molar-refractivity contribution < 1.29 is 4.42 Å². The van der Waals surface area contributed by atoms with Gasteiger partial charge in [0.25, 0.3) is 0 Å². The van der Waals surface area contributed by atoms with E-state index in [0.29, 0.717) is 6.04 Å². The predicted molar refractivity (Wildman–Crippen MR) is 98.1 cm³/mol. The molecule has 1 aliphatic rings. The molecule has 1 fully saturated rings. The third-order valence-electron chi connectivity index (χ3n) is 4.76. The van der Waals surface area contributed by atoms with Gasteiger partial charge in [-0.3, -0.25) is 4.90 Å². The molecule has 0 spiro atoms. The lowest BCUT2D eigenvalue weighted by Gasteiger charge is -2.22. The summed E-state index contributed by atoms with van der Waals surface area (Å²) in [4.78, 5) is 8.73. The van der Waals surface area contributed by atoms with E-state index in [1.807, 2.05) is 17.6 Å². The Bertz CT molecular complexity index is 822. The second-order valence-electron chi connectivity index (χ2n) is 6.61. The van der Waals surface area contributed by atoms with Gasteiger partial charge in [-0.25, -0.2) is 4.98 Å². The summed E-state index contributed by atoms with van der Waals surface area (Å²) in [5.41, 5.74) is 4.58. The lowest BCUT2D eigenvalue weighted by molar-refractivity contribution is 0.248. The van der Waals surface area contributed by atoms with E-state index in [2.05, 4.69) is 54.5 Å². The van der Waals surface area contributed by atoms with Gasteiger partial charge < -0.3 is 4.42 Å². The zero-order valence-corrected chi connectivity index (χ0v) is 15.0. The molecule has 0 bridgehead atoms. The number of aromatic nitrogens is 1. The first-order valence-corrected chi connectivity index (χ1v) is 9.38. The fourth-order valence-electron chi connectivity index (χ4n) is 3.58. The Kier molecular flexibility index (Phi) is 4.25. The summed E-state index contributed by atoms with van der Waals surface area (Å²) >= 11 is 1.85. The van der Waals surface area contributed by atoms with E-state index in [-0.39, 0.29) is 0 Å². The SMILES string of the molecule is Cc1ccc(-c2nc(CN3CCCC3c3cccs3)co2)c(C)c1. The number of benzene rings is 1. The first-order valence-electron chi connectivity index (χ1n) is 8.50. The van der Waals surface area contributed by atoms with Crippen LogP contribution in [0.3, 0.4) is 0 Å². The van der Waals surface area contributed by atoms with Crippen molar-refractivity contribution in [1.29, 1.82) is 0 Å². The third kappa shape index (κ3) is 3.04. The molecule has 4 rings (SSSR count). The van der Waals surface area contributed by atoms with Crippen LogP contribution in [0.15, 0.2) is 46.4 Å². The monoisotopic (exact) mass is 338 g/mol. The summed E-state index contributed by atoms with van der Waals surface area (Å²) in [6.45, 7) is 6.21. The van der Waals surface area contributed by atoms with Gasteiger partial charge in [-0.05, 0) is 56.3 Å². The largest absolute Gasteiger partial charge is 0.444 e. The summed E-state index contributed by atoms with van der Waals surface area (Å²) in [6.07, 6.45) is 4.31. The van der Waals surface area contributed by atoms with Gasteiger partial charge in [-0.1, -0.05) is 23.8 Å². The van der Waals surface area contributed by atoms with Crippen LogP contribution in [0.2, 0.25) is 0 Å². The van der Waals surface area contributed by atoms with Crippen molar-refractivity contribution in [3.05, 3.63) is 63.7 Å². The van der Waals surface area contributed by atoms with Gasteiger partial charge in [-0.2, -0.15) is 0 Å². The topological polar surface area (TPSA) is 29.3 Å². The molecular formula is C20H22N2OS. The van der Waals surface area contributed by atoms with Gasteiger partial charge in [-0.15, -0.1) is 11.3 Å². The minimum Gasteiger partial charge on any atom is -0.444 e. The van der Waals surface area contributed by atoms with Crippen LogP contribution in [0.5, 0.6) is 0 Å². The highest BCUT2D eigenvalue weighted by molar-refractivity contribution is 7.10. The van der Waals surface area contributed by atoms with Gasteiger partial charge >= 0.3 is 0 Å². The molecule has 2 aromatic heterocycles. The van der Waals surface area contributed by atoms with E-state index in [1.54, 1.807) is 0 Å². The number of aryl methyl sites for hydroxylation is 2. The molecule has 1 unspecified atom stereocenters. The van der Waals surface area contributed by atoms with Crippen LogP contribution in [0.1, 0.15) is 40.6 Å². The Morgan fingerprint density at radius 1 is 1.29 bits per heavy atom. The van der Waals surface area contributed by atoms with Crippen molar-refractivity contribution in [1.82, 2.24) is 9.88 Å². The molecule has 0 radical (unpaired) electrons. The third-order valence-corrected chi connectivity index (χ3v) is 5.74. The molecule has 1 atom stereocenters. The van der Waals surface area contributed by atoms with Crippen LogP contribution < -0.4 is 0 Å². The van der Waals surface area contributed by atoms with Crippen LogP contribution in [-0.4, -0.2) is 16.4 Å². The molecule has 24 heavy (non-hydrogen) atoms. The van der Waals surface area contributed by atoms with Crippen molar-refractivity contribution in [2.45, 2.75) is 39.3 Å². The Balaban J connectivity index is 1.53. The summed E-state index contributed by atoms with van der Waals surface area (Å²) in [5.74, 6) is 0.731. The number of likely N-dealkylation sites (tertiary alicyclic amines) is 1. The van der Waals surface area contributed by atoms with Crippen molar-refractivity contribution in [3.63, 3.8) is 0 Å². The maximum absolute atomic E-state index is 5.77. The Morgan fingerprint density at radius 3 is 3.00 bits per heavy atom. The van der Waals surface area contributed by atoms with Crippen LogP contribution in [0, 0.1) is 13.8 Å². The molecule has 3 nitrogen and oxygen atoms in total. The maximum atomic E-state index is 5.77. The van der Waals surface area contributed by atoms with Crippen molar-refractivity contribution >= 4 is 11.3 Å². The van der Waals surface area contributed by atoms with E-state index < -0.39 is 0 Å². The fourth-order valence-corrected chi connectivity index (χ4v) is 4.48. The molecule has 1 aliphatic heterocycles. The molecule has 1 saturated heterocycles. The molecule has 124 valence electrons. The molecule has 0 N–H and O–H groups in total. The Labute approximate surface area is 147 Å². The predicted octanol–water partition coefficient (Wildman–Crippen LogP) is 5.36. The summed E-state index contributed by atoms with van der Waals surface area (Å²) in [5, 5.41) is 2.17. The zero-order chi connectivity index (χ0) is 16.5. The molecule has 4 heteroatoms. The van der Waals surface area contributed by atoms with E-state index in [0.717, 1.165) is 30.2 Å². The van der Waals surface area contributed by atoms with E-state index in [9.17, 15) is 0 Å². The molecule has 3 aromatic rings. The Hall–Kier alpha value is -1.91. The summed E-state index contributed by atoms with van der Waals surface area (Å²) < 4.78 is 5.77. The van der Waals surface area contributed by atoms with Gasteiger partial charge in [0.2, 0.25) is 5.89 Å². The highest BCUT2D eigenvalue weighted by atomic mass is 32.1. The molecule has 0 saturated carbocycles. The Morgan fingerprint density at radius 2 is 2.21 bits per heavy atom. The zero-order valence-electron chi connectivity index (χ0n) is 14.2. The highest BCUT2D eigenvalue weighted by Crippen LogP contribution is 2.35. The van der Waals surface area contributed by atoms with E-state index in [1.165, 1.54) is 28.8 Å². The second-order valence-corrected chi connectivity index (χ2v) is 7.59. The van der Waals surface area contributed by atoms with Gasteiger partial charge in [0.15, 0.2) is 0 Å². The number of nitrogens with zero attached hydrogens (tertiary/aromatic N) is 2. The van der Waals surface area contributed by atoms with Crippen LogP contribution in [0.25, 0.3) is 11.5 Å². The number of hydrogen-bond acceptors (Lipinski definition) is 4. The molecule has 0 amide bonds. The average Bonchev–Trinajstić information content (AvgIpc) is 3.28. The molecule has 1 aromatic carbocycles. The smallest absolute Gasteiger partial charge is 0.226 e. The highest BCUT2D eigenvalue weighted by Gasteiger charge is 2.27. The van der Waals surface area contributed by atoms with Gasteiger partial charge in [0.1, 0.15) is 6.26 Å². The number of thiophene rings is 1. The lowest BCUT2D eigenvalue weighted by atomic mass is 10.1. The van der Waals surface area contributed by atoms with Crippen molar-refractivity contribution in [2.24, 2.45) is 0 Å². The first-order chi connectivity index (χ1) is 11.7. The average molecular weight is 338 g/mol. The number of hydrogen-bond donors (Lipinski definition) is 0. The van der Waals surface area contributed by atoms with Crippen molar-refractivity contribution in [3.8, 4) is 11.5 Å². The minimum atomic E-state index is 0.534. The normalized spacial score (nSPS) is 18.3. The van der Waals surface area contributed by atoms with Gasteiger partial charge in [0.05, 0.1) is 5.69 Å². The van der Waals surface area contributed by atoms with E-state index >= 15 is 0 Å². The number of oxazole rings is 1. The quantitative estimate of drug-likeness (QED) is 0.641. The van der Waals surface area contributed by atoms with Crippen LogP contribution >= 0.6 is 11.3 Å². The lowest BCUT2D eigenvalue weighted by Crippen LogP contribution is -2.22. The number of rotatable bonds is 4. The maximum Gasteiger partial charge on any atom is 0.226 e. The molecular weight excluding hydrogens is 316 g/mol. The van der Waals surface area contributed by atoms with Crippen LogP contribution in [-0.2, 0) is 6.54 Å². The van der Waals surface area contributed by atoms with Crippen molar-refractivity contribution in [2.75, 3.05) is 6.54 Å². The van der Waals surface area contributed by atoms with Gasteiger partial charge in [0, 0.05) is 23.0 Å². The standard InChI is InChI=1S/C20H22N2OS/c1-14-7-8-17(15(2)11-14)20-21-16(13-23-20)12-22-9-3-5-18(22)19-6-4-10-24-19/h4,6-8,10-11,13,18H,3,5,9,12H2,1-2H3. The second kappa shape index (κ2) is 6.54. The van der Waals surface area contributed by atoms with E-state index in [4.69, 9.17) is 9.40 Å². The molecule has 0 aliphatic carbocycles. The first kappa shape index (κ1) is 15.6. The minimum absolute atomic E-state index is 0.534. The summed E-state index contributed by atoms with van der Waals surface area (Å²) in [6, 6.07) is 11.3. The van der Waals surface area contributed by atoms with Crippen LogP contribution in [0.4, 0.5) is 0 Å². The molecule has 3 heterocycles. The summed E-state index contributed by atoms with van der Waals surface area (Å²) in [7, 11) is 0. The fraction of sp³-hybridized carbons (Fsp3) is 0.350.